The first-order chi connectivity index (χ1) is 14.9. The van der Waals surface area contributed by atoms with Gasteiger partial charge in [-0.1, -0.05) is 16.8 Å². The third-order valence-electron chi connectivity index (χ3n) is 6.67. The minimum Gasteiger partial charge on any atom is -0.340 e. The highest BCUT2D eigenvalue weighted by atomic mass is 35.5. The summed E-state index contributed by atoms with van der Waals surface area (Å²) in [7, 11) is 1.81. The number of nitrogens with one attached hydrogen (secondary N) is 1. The Morgan fingerprint density at radius 2 is 1.94 bits per heavy atom. The second kappa shape index (κ2) is 7.75. The Kier molecular flexibility index (Phi) is 5.04. The van der Waals surface area contributed by atoms with E-state index in [2.05, 4.69) is 20.4 Å². The van der Waals surface area contributed by atoms with Gasteiger partial charge in [0.05, 0.1) is 17.0 Å². The molecule has 2 atom stereocenters. The van der Waals surface area contributed by atoms with Crippen molar-refractivity contribution < 1.29 is 13.7 Å². The molecule has 2 aliphatic rings. The van der Waals surface area contributed by atoms with Crippen molar-refractivity contribution in [3.8, 4) is 0 Å². The number of benzene rings is 1. The minimum atomic E-state index is -0.521. The lowest BCUT2D eigenvalue weighted by Crippen LogP contribution is -2.18. The highest BCUT2D eigenvalue weighted by Crippen LogP contribution is 2.54. The monoisotopic (exact) mass is 443 g/mol. The van der Waals surface area contributed by atoms with E-state index in [-0.39, 0.29) is 16.8 Å². The van der Waals surface area contributed by atoms with Crippen molar-refractivity contribution in [2.75, 3.05) is 5.32 Å². The van der Waals surface area contributed by atoms with Crippen LogP contribution >= 0.6 is 11.6 Å². The topological polar surface area (TPSA) is 85.8 Å². The summed E-state index contributed by atoms with van der Waals surface area (Å²) in [6.45, 7) is 1.82. The van der Waals surface area contributed by atoms with Crippen LogP contribution in [-0.4, -0.2) is 25.6 Å². The second-order valence-electron chi connectivity index (χ2n) is 8.70. The Bertz CT molecular complexity index is 1130. The van der Waals surface area contributed by atoms with Gasteiger partial charge in [-0.2, -0.15) is 4.98 Å². The average molecular weight is 444 g/mol. The Labute approximate surface area is 184 Å². The number of nitrogens with zero attached hydrogens (tertiary/aromatic N) is 4. The number of amides is 1. The zero-order valence-electron chi connectivity index (χ0n) is 17.3. The van der Waals surface area contributed by atoms with Crippen molar-refractivity contribution in [2.45, 2.75) is 44.4 Å². The molecular weight excluding hydrogens is 421 g/mol. The second-order valence-corrected chi connectivity index (χ2v) is 9.11. The van der Waals surface area contributed by atoms with Crippen molar-refractivity contribution >= 4 is 23.2 Å². The maximum Gasteiger partial charge on any atom is 0.274 e. The van der Waals surface area contributed by atoms with E-state index in [1.54, 1.807) is 10.9 Å². The summed E-state index contributed by atoms with van der Waals surface area (Å²) < 4.78 is 20.3. The molecule has 0 spiro atoms. The molecule has 2 aliphatic carbocycles. The van der Waals surface area contributed by atoms with E-state index in [0.717, 1.165) is 37.2 Å². The van der Waals surface area contributed by atoms with Crippen LogP contribution in [0.3, 0.4) is 0 Å². The standard InChI is InChI=1S/C22H23ClFN5O2/c1-11-26-21(28-31-11)15-7-12-5-14(6-13(12)8-15)19-20(29(2)10-25-19)22(30)27-16-3-4-18(24)17(23)9-16/h3-4,9-10,12-15H,5-8H2,1-2H3,(H,27,30). The molecule has 5 rings (SSSR count). The van der Waals surface area contributed by atoms with Crippen molar-refractivity contribution in [3.05, 3.63) is 58.5 Å². The van der Waals surface area contributed by atoms with Crippen molar-refractivity contribution in [1.82, 2.24) is 19.7 Å². The molecule has 3 aromatic rings. The smallest absolute Gasteiger partial charge is 0.274 e. The van der Waals surface area contributed by atoms with Crippen LogP contribution in [0.25, 0.3) is 0 Å². The van der Waals surface area contributed by atoms with Gasteiger partial charge in [0.25, 0.3) is 5.91 Å². The highest BCUT2D eigenvalue weighted by Gasteiger charge is 2.45. The Balaban J connectivity index is 1.30. The van der Waals surface area contributed by atoms with E-state index < -0.39 is 5.82 Å². The molecule has 9 heteroatoms. The quantitative estimate of drug-likeness (QED) is 0.623. The predicted molar refractivity (Wildman–Crippen MR) is 113 cm³/mol. The van der Waals surface area contributed by atoms with Gasteiger partial charge in [-0.25, -0.2) is 9.37 Å². The van der Waals surface area contributed by atoms with Crippen molar-refractivity contribution in [1.29, 1.82) is 0 Å². The van der Waals surface area contributed by atoms with Gasteiger partial charge in [-0.3, -0.25) is 4.79 Å². The molecule has 2 saturated carbocycles. The number of aromatic nitrogens is 4. The van der Waals surface area contributed by atoms with Crippen LogP contribution < -0.4 is 5.32 Å². The number of aryl methyl sites for hydroxylation is 2. The normalized spacial score (nSPS) is 25.0. The van der Waals surface area contributed by atoms with Gasteiger partial charge in [0.15, 0.2) is 5.82 Å². The summed E-state index contributed by atoms with van der Waals surface area (Å²) in [6, 6.07) is 4.14. The van der Waals surface area contributed by atoms with Crippen molar-refractivity contribution in [2.24, 2.45) is 18.9 Å². The van der Waals surface area contributed by atoms with Crippen molar-refractivity contribution in [3.63, 3.8) is 0 Å². The summed E-state index contributed by atoms with van der Waals surface area (Å²) >= 11 is 5.84. The van der Waals surface area contributed by atoms with Gasteiger partial charge in [0, 0.05) is 31.5 Å². The Morgan fingerprint density at radius 1 is 1.23 bits per heavy atom. The van der Waals surface area contributed by atoms with E-state index in [1.807, 2.05) is 14.0 Å². The van der Waals surface area contributed by atoms with Gasteiger partial charge in [-0.05, 0) is 55.7 Å². The first kappa shape index (κ1) is 20.2. The lowest BCUT2D eigenvalue weighted by Gasteiger charge is -2.14. The van der Waals surface area contributed by atoms with Crippen LogP contribution in [-0.2, 0) is 7.05 Å². The Hall–Kier alpha value is -2.74. The molecule has 0 saturated heterocycles. The zero-order chi connectivity index (χ0) is 21.7. The van der Waals surface area contributed by atoms with Crippen LogP contribution in [0.4, 0.5) is 10.1 Å². The summed E-state index contributed by atoms with van der Waals surface area (Å²) in [4.78, 5) is 22.0. The van der Waals surface area contributed by atoms with Gasteiger partial charge >= 0.3 is 0 Å². The van der Waals surface area contributed by atoms with E-state index in [1.165, 1.54) is 18.2 Å². The van der Waals surface area contributed by atoms with Gasteiger partial charge < -0.3 is 14.4 Å². The number of imidazole rings is 1. The molecule has 2 unspecified atom stereocenters. The summed E-state index contributed by atoms with van der Waals surface area (Å²) in [6.07, 6.45) is 5.77. The number of anilines is 1. The maximum absolute atomic E-state index is 13.4. The molecule has 1 amide bonds. The maximum atomic E-state index is 13.4. The first-order valence-electron chi connectivity index (χ1n) is 10.5. The van der Waals surface area contributed by atoms with Gasteiger partial charge in [-0.15, -0.1) is 0 Å². The molecule has 1 N–H and O–H groups in total. The van der Waals surface area contributed by atoms with Crippen LogP contribution in [0, 0.1) is 24.6 Å². The molecule has 162 valence electrons. The fourth-order valence-electron chi connectivity index (χ4n) is 5.32. The van der Waals surface area contributed by atoms with E-state index in [0.29, 0.717) is 35.0 Å². The zero-order valence-corrected chi connectivity index (χ0v) is 18.1. The molecule has 2 aromatic heterocycles. The van der Waals surface area contributed by atoms with Crippen LogP contribution in [0.15, 0.2) is 29.0 Å². The largest absolute Gasteiger partial charge is 0.340 e. The lowest BCUT2D eigenvalue weighted by atomic mass is 9.94. The van der Waals surface area contributed by atoms with Gasteiger partial charge in [0.1, 0.15) is 11.5 Å². The fraction of sp³-hybridized carbons (Fsp3) is 0.455. The molecule has 7 nitrogen and oxygen atoms in total. The number of fused-ring (bicyclic) bond motifs is 1. The first-order valence-corrected chi connectivity index (χ1v) is 10.8. The average Bonchev–Trinajstić information content (AvgIpc) is 3.47. The van der Waals surface area contributed by atoms with Crippen LogP contribution in [0.5, 0.6) is 0 Å². The molecule has 0 bridgehead atoms. The lowest BCUT2D eigenvalue weighted by molar-refractivity contribution is 0.101. The third-order valence-corrected chi connectivity index (χ3v) is 6.96. The third kappa shape index (κ3) is 3.73. The molecule has 31 heavy (non-hydrogen) atoms. The SMILES string of the molecule is Cc1nc(C2CC3CC(c4ncn(C)c4C(=O)Nc4ccc(F)c(Cl)c4)CC3C2)no1. The fourth-order valence-corrected chi connectivity index (χ4v) is 5.50. The van der Waals surface area contributed by atoms with Crippen LogP contribution in [0.1, 0.15) is 65.4 Å². The highest BCUT2D eigenvalue weighted by molar-refractivity contribution is 6.31. The molecule has 1 aromatic carbocycles. The van der Waals surface area contributed by atoms with E-state index >= 15 is 0 Å². The summed E-state index contributed by atoms with van der Waals surface area (Å²) in [5.74, 6) is 2.37. The predicted octanol–water partition coefficient (Wildman–Crippen LogP) is 4.84. The number of halogens is 2. The number of carbonyl (C=O) groups is 1. The number of rotatable bonds is 4. The molecule has 2 heterocycles. The number of hydrogen-bond acceptors (Lipinski definition) is 5. The Morgan fingerprint density at radius 3 is 2.58 bits per heavy atom. The van der Waals surface area contributed by atoms with E-state index in [9.17, 15) is 9.18 Å². The molecule has 2 fully saturated rings. The van der Waals surface area contributed by atoms with E-state index in [4.69, 9.17) is 16.1 Å². The molecule has 0 aliphatic heterocycles. The summed E-state index contributed by atoms with van der Waals surface area (Å²) in [5, 5.41) is 6.90. The van der Waals surface area contributed by atoms with Crippen LogP contribution in [0.2, 0.25) is 5.02 Å². The number of hydrogen-bond donors (Lipinski definition) is 1. The number of carbonyl (C=O) groups excluding carboxylic acids is 1. The minimum absolute atomic E-state index is 0.0296. The summed E-state index contributed by atoms with van der Waals surface area (Å²) in [5.41, 5.74) is 1.82. The molecular formula is C22H23ClFN5O2. The molecule has 0 radical (unpaired) electrons. The van der Waals surface area contributed by atoms with Gasteiger partial charge in [0.2, 0.25) is 5.89 Å².